The maximum atomic E-state index is 14.5. The Morgan fingerprint density at radius 3 is 2.39 bits per heavy atom. The molecular formula is C28H31F4N5O4. The molecule has 0 unspecified atom stereocenters. The number of benzene rings is 1. The van der Waals surface area contributed by atoms with Gasteiger partial charge in [-0.25, -0.2) is 9.37 Å². The molecule has 1 aromatic carbocycles. The lowest BCUT2D eigenvalue weighted by molar-refractivity contribution is -0.275. The molecule has 0 atom stereocenters. The van der Waals surface area contributed by atoms with Gasteiger partial charge in [-0.1, -0.05) is 19.9 Å². The first-order valence-electron chi connectivity index (χ1n) is 13.3. The molecule has 3 aromatic rings. The Morgan fingerprint density at radius 1 is 1.07 bits per heavy atom. The average Bonchev–Trinajstić information content (AvgIpc) is 3.20. The van der Waals surface area contributed by atoms with Gasteiger partial charge in [-0.05, 0) is 35.4 Å². The van der Waals surface area contributed by atoms with Crippen molar-refractivity contribution in [3.63, 3.8) is 0 Å². The number of fused-ring (bicyclic) bond motifs is 3. The molecule has 13 heteroatoms. The standard InChI is InChI=1S/C28H31F4N5O4/c1-27(2)17-36(23(38)15-34-8-10-35(11-9-34)16-24(39)40)14-21-25(27)19-4-3-7-33-26(19)37(21)13-18-5-6-22(20(29)12-18)41-28(30,31)32/h3-7,12H,8-11,13-17H2,1-2H3,(H,39,40). The monoisotopic (exact) mass is 577 g/mol. The second-order valence-corrected chi connectivity index (χ2v) is 11.2. The highest BCUT2D eigenvalue weighted by Crippen LogP contribution is 2.40. The van der Waals surface area contributed by atoms with Crippen LogP contribution in [-0.2, 0) is 28.1 Å². The van der Waals surface area contributed by atoms with Gasteiger partial charge in [-0.3, -0.25) is 19.4 Å². The van der Waals surface area contributed by atoms with Gasteiger partial charge in [-0.15, -0.1) is 13.2 Å². The number of alkyl halides is 3. The molecule has 0 aliphatic carbocycles. The van der Waals surface area contributed by atoms with Crippen molar-refractivity contribution < 1.29 is 37.0 Å². The van der Waals surface area contributed by atoms with E-state index in [2.05, 4.69) is 23.6 Å². The molecule has 220 valence electrons. The number of carboxylic acids is 1. The van der Waals surface area contributed by atoms with Crippen LogP contribution in [0.2, 0.25) is 0 Å². The van der Waals surface area contributed by atoms with Crippen molar-refractivity contribution in [3.8, 4) is 5.75 Å². The highest BCUT2D eigenvalue weighted by molar-refractivity contribution is 5.85. The van der Waals surface area contributed by atoms with Gasteiger partial charge < -0.3 is 19.3 Å². The van der Waals surface area contributed by atoms with Crippen LogP contribution < -0.4 is 4.74 Å². The van der Waals surface area contributed by atoms with Crippen LogP contribution in [0.5, 0.6) is 5.75 Å². The van der Waals surface area contributed by atoms with E-state index >= 15 is 0 Å². The van der Waals surface area contributed by atoms with Crippen molar-refractivity contribution in [3.05, 3.63) is 59.2 Å². The molecule has 0 saturated carbocycles. The van der Waals surface area contributed by atoms with E-state index in [9.17, 15) is 27.2 Å². The molecule has 1 N–H and O–H groups in total. The summed E-state index contributed by atoms with van der Waals surface area (Å²) in [6.45, 7) is 7.51. The number of piperazine rings is 1. The summed E-state index contributed by atoms with van der Waals surface area (Å²) in [5, 5.41) is 9.93. The fourth-order valence-corrected chi connectivity index (χ4v) is 5.91. The average molecular weight is 578 g/mol. The van der Waals surface area contributed by atoms with Gasteiger partial charge in [0, 0.05) is 62.0 Å². The molecular weight excluding hydrogens is 546 g/mol. The Bertz CT molecular complexity index is 1460. The normalized spacial score (nSPS) is 18.0. The summed E-state index contributed by atoms with van der Waals surface area (Å²) in [7, 11) is 0. The summed E-state index contributed by atoms with van der Waals surface area (Å²) in [4.78, 5) is 34.7. The number of nitrogens with zero attached hydrogens (tertiary/aromatic N) is 5. The summed E-state index contributed by atoms with van der Waals surface area (Å²) >= 11 is 0. The van der Waals surface area contributed by atoms with Crippen LogP contribution in [0.1, 0.15) is 30.7 Å². The van der Waals surface area contributed by atoms with Crippen molar-refractivity contribution in [1.29, 1.82) is 0 Å². The van der Waals surface area contributed by atoms with Gasteiger partial charge in [0.05, 0.1) is 19.6 Å². The maximum Gasteiger partial charge on any atom is 0.573 e. The second kappa shape index (κ2) is 10.9. The van der Waals surface area contributed by atoms with Crippen molar-refractivity contribution in [1.82, 2.24) is 24.3 Å². The van der Waals surface area contributed by atoms with E-state index in [0.29, 0.717) is 50.5 Å². The smallest absolute Gasteiger partial charge is 0.480 e. The highest BCUT2D eigenvalue weighted by atomic mass is 19.4. The van der Waals surface area contributed by atoms with Crippen LogP contribution in [-0.4, -0.2) is 93.4 Å². The summed E-state index contributed by atoms with van der Waals surface area (Å²) < 4.78 is 58.0. The molecule has 2 aliphatic heterocycles. The zero-order chi connectivity index (χ0) is 29.5. The van der Waals surface area contributed by atoms with E-state index in [1.165, 1.54) is 6.07 Å². The first-order valence-corrected chi connectivity index (χ1v) is 13.3. The second-order valence-electron chi connectivity index (χ2n) is 11.2. The zero-order valence-electron chi connectivity index (χ0n) is 22.7. The molecule has 0 radical (unpaired) electrons. The van der Waals surface area contributed by atoms with E-state index in [0.717, 1.165) is 28.8 Å². The van der Waals surface area contributed by atoms with Crippen molar-refractivity contribution in [2.75, 3.05) is 45.8 Å². The molecule has 0 bridgehead atoms. The van der Waals surface area contributed by atoms with E-state index in [-0.39, 0.29) is 25.5 Å². The molecule has 2 aromatic heterocycles. The van der Waals surface area contributed by atoms with Crippen LogP contribution in [0.15, 0.2) is 36.5 Å². The fraction of sp³-hybridized carbons (Fsp3) is 0.464. The number of carbonyl (C=O) groups excluding carboxylic acids is 1. The number of amides is 1. The number of pyridine rings is 1. The van der Waals surface area contributed by atoms with Gasteiger partial charge in [-0.2, -0.15) is 0 Å². The topological polar surface area (TPSA) is 91.1 Å². The lowest BCUT2D eigenvalue weighted by Gasteiger charge is -2.40. The van der Waals surface area contributed by atoms with Crippen molar-refractivity contribution in [2.45, 2.75) is 38.7 Å². The van der Waals surface area contributed by atoms with Crippen molar-refractivity contribution >= 4 is 22.9 Å². The minimum atomic E-state index is -5.00. The third kappa shape index (κ3) is 6.30. The number of ether oxygens (including phenoxy) is 1. The first kappa shape index (κ1) is 28.8. The van der Waals surface area contributed by atoms with Gasteiger partial charge in [0.15, 0.2) is 11.6 Å². The van der Waals surface area contributed by atoms with Crippen molar-refractivity contribution in [2.24, 2.45) is 0 Å². The number of rotatable bonds is 7. The van der Waals surface area contributed by atoms with Crippen LogP contribution >= 0.6 is 0 Å². The summed E-state index contributed by atoms with van der Waals surface area (Å²) in [6.07, 6.45) is -3.36. The molecule has 4 heterocycles. The summed E-state index contributed by atoms with van der Waals surface area (Å²) in [5.41, 5.74) is 2.49. The van der Waals surface area contributed by atoms with Crippen LogP contribution in [0.3, 0.4) is 0 Å². The van der Waals surface area contributed by atoms with Crippen LogP contribution in [0.4, 0.5) is 17.6 Å². The Labute approximate surface area is 233 Å². The van der Waals surface area contributed by atoms with E-state index < -0.39 is 29.3 Å². The summed E-state index contributed by atoms with van der Waals surface area (Å²) in [6, 6.07) is 7.14. The Balaban J connectivity index is 1.40. The predicted octanol–water partition coefficient (Wildman–Crippen LogP) is 3.44. The minimum absolute atomic E-state index is 0.0224. The molecule has 0 spiro atoms. The fourth-order valence-electron chi connectivity index (χ4n) is 5.91. The van der Waals surface area contributed by atoms with Gasteiger partial charge in [0.25, 0.3) is 0 Å². The number of carbonyl (C=O) groups is 2. The highest BCUT2D eigenvalue weighted by Gasteiger charge is 2.39. The predicted molar refractivity (Wildman–Crippen MR) is 141 cm³/mol. The van der Waals surface area contributed by atoms with Gasteiger partial charge >= 0.3 is 12.3 Å². The Hall–Kier alpha value is -3.71. The van der Waals surface area contributed by atoms with E-state index in [4.69, 9.17) is 5.11 Å². The zero-order valence-corrected chi connectivity index (χ0v) is 22.7. The largest absolute Gasteiger partial charge is 0.573 e. The number of aliphatic carboxylic acids is 1. The molecule has 1 amide bonds. The number of halogens is 4. The third-order valence-corrected chi connectivity index (χ3v) is 7.63. The quantitative estimate of drug-likeness (QED) is 0.431. The minimum Gasteiger partial charge on any atom is -0.480 e. The Kier molecular flexibility index (Phi) is 7.68. The Morgan fingerprint density at radius 2 is 1.76 bits per heavy atom. The molecule has 5 rings (SSSR count). The number of carboxylic acid groups (broad SMARTS) is 1. The maximum absolute atomic E-state index is 14.5. The lowest BCUT2D eigenvalue weighted by atomic mass is 9.79. The van der Waals surface area contributed by atoms with Crippen LogP contribution in [0.25, 0.3) is 11.0 Å². The molecule has 9 nitrogen and oxygen atoms in total. The molecule has 2 aliphatic rings. The number of hydrogen-bond acceptors (Lipinski definition) is 6. The molecule has 1 fully saturated rings. The third-order valence-electron chi connectivity index (χ3n) is 7.63. The number of aromatic nitrogens is 2. The molecule has 41 heavy (non-hydrogen) atoms. The SMILES string of the molecule is CC1(C)CN(C(=O)CN2CCN(CC(=O)O)CC2)Cc2c1c1cccnc1n2Cc1ccc(OC(F)(F)F)c(F)c1. The van der Waals surface area contributed by atoms with E-state index in [1.807, 2.05) is 26.5 Å². The number of hydrogen-bond donors (Lipinski definition) is 1. The first-order chi connectivity index (χ1) is 19.3. The summed E-state index contributed by atoms with van der Waals surface area (Å²) in [5.74, 6) is -2.96. The van der Waals surface area contributed by atoms with Crippen LogP contribution in [0, 0.1) is 5.82 Å². The van der Waals surface area contributed by atoms with Gasteiger partial charge in [0.2, 0.25) is 5.91 Å². The van der Waals surface area contributed by atoms with Gasteiger partial charge in [0.1, 0.15) is 5.65 Å². The van der Waals surface area contributed by atoms with E-state index in [1.54, 1.807) is 11.1 Å². The lowest BCUT2D eigenvalue weighted by Crippen LogP contribution is -2.53. The molecule has 1 saturated heterocycles.